The van der Waals surface area contributed by atoms with Gasteiger partial charge in [0, 0.05) is 30.5 Å². The van der Waals surface area contributed by atoms with E-state index in [2.05, 4.69) is 15.0 Å². The van der Waals surface area contributed by atoms with Crippen LogP contribution < -0.4 is 10.0 Å². The predicted octanol–water partition coefficient (Wildman–Crippen LogP) is 4.94. The van der Waals surface area contributed by atoms with Gasteiger partial charge in [-0.1, -0.05) is 66.7 Å². The Morgan fingerprint density at radius 3 is 2.29 bits per heavy atom. The molecule has 38 heavy (non-hydrogen) atoms. The van der Waals surface area contributed by atoms with Crippen LogP contribution in [0.4, 0.5) is 4.79 Å². The molecule has 0 aliphatic carbocycles. The van der Waals surface area contributed by atoms with Crippen molar-refractivity contribution in [1.82, 2.24) is 24.2 Å². The summed E-state index contributed by atoms with van der Waals surface area (Å²) in [5.41, 5.74) is 3.39. The maximum atomic E-state index is 13.0. The molecule has 3 aromatic carbocycles. The normalized spacial score (nSPS) is 12.1. The fraction of sp³-hybridized carbons (Fsp3) is 0.103. The van der Waals surface area contributed by atoms with Gasteiger partial charge in [-0.2, -0.15) is 0 Å². The maximum absolute atomic E-state index is 13.0. The molecule has 0 unspecified atom stereocenters. The molecule has 0 bridgehead atoms. The van der Waals surface area contributed by atoms with E-state index in [1.165, 1.54) is 6.07 Å². The number of hydrogen-bond donors (Lipinski definition) is 2. The summed E-state index contributed by atoms with van der Waals surface area (Å²) in [5, 5.41) is 2.84. The predicted molar refractivity (Wildman–Crippen MR) is 146 cm³/mol. The molecule has 0 spiro atoms. The Morgan fingerprint density at radius 2 is 1.55 bits per heavy atom. The monoisotopic (exact) mass is 525 g/mol. The summed E-state index contributed by atoms with van der Waals surface area (Å²) in [6, 6.07) is 26.6. The van der Waals surface area contributed by atoms with Crippen molar-refractivity contribution >= 4 is 16.1 Å². The van der Waals surface area contributed by atoms with E-state index in [1.54, 1.807) is 31.3 Å². The van der Waals surface area contributed by atoms with Crippen molar-refractivity contribution in [3.63, 3.8) is 0 Å². The Kier molecular flexibility index (Phi) is 7.10. The number of amides is 2. The largest absolute Gasteiger partial charge is 0.329 e. The molecule has 2 heterocycles. The molecule has 5 aromatic rings. The van der Waals surface area contributed by atoms with Crippen molar-refractivity contribution in [3.05, 3.63) is 133 Å². The lowest BCUT2D eigenvalue weighted by Gasteiger charge is -2.20. The molecular weight excluding hydrogens is 498 g/mol. The number of carbonyl (C=O) groups excluding carboxylic acids is 1. The third-order valence-corrected chi connectivity index (χ3v) is 7.68. The summed E-state index contributed by atoms with van der Waals surface area (Å²) in [6.07, 6.45) is 7.83. The Labute approximate surface area is 221 Å². The molecule has 0 saturated heterocycles. The van der Waals surface area contributed by atoms with Crippen LogP contribution in [-0.4, -0.2) is 28.6 Å². The van der Waals surface area contributed by atoms with E-state index in [0.717, 1.165) is 16.9 Å². The summed E-state index contributed by atoms with van der Waals surface area (Å²) in [4.78, 5) is 17.6. The van der Waals surface area contributed by atoms with Crippen LogP contribution in [0.15, 0.2) is 121 Å². The van der Waals surface area contributed by atoms with Gasteiger partial charge < -0.3 is 14.5 Å². The Balaban J connectivity index is 1.44. The number of aryl methyl sites for hydroxylation is 1. The molecule has 0 saturated carbocycles. The highest BCUT2D eigenvalue weighted by Crippen LogP contribution is 2.23. The molecule has 5 rings (SSSR count). The topological polar surface area (TPSA) is 98.0 Å². The van der Waals surface area contributed by atoms with Crippen LogP contribution in [0.1, 0.15) is 23.0 Å². The van der Waals surface area contributed by atoms with Crippen LogP contribution in [0.5, 0.6) is 0 Å². The first-order valence-corrected chi connectivity index (χ1v) is 13.6. The van der Waals surface area contributed by atoms with E-state index >= 15 is 0 Å². The van der Waals surface area contributed by atoms with Crippen LogP contribution >= 0.6 is 0 Å². The SMILES string of the molecule is Cc1ccccc1S(=O)(=O)NC(=O)N[C@@H](Cc1ccccc1)c1nccn1-c1ccn(-c2ccccc2)c1. The minimum atomic E-state index is -4.06. The number of hydrogen-bond acceptors (Lipinski definition) is 4. The van der Waals surface area contributed by atoms with E-state index in [1.807, 2.05) is 94.5 Å². The molecule has 192 valence electrons. The molecule has 0 aliphatic rings. The highest BCUT2D eigenvalue weighted by atomic mass is 32.2. The lowest BCUT2D eigenvalue weighted by molar-refractivity contribution is 0.241. The van der Waals surface area contributed by atoms with Crippen molar-refractivity contribution in [1.29, 1.82) is 0 Å². The van der Waals surface area contributed by atoms with Crippen molar-refractivity contribution in [2.24, 2.45) is 0 Å². The quantitative estimate of drug-likeness (QED) is 0.300. The third-order valence-electron chi connectivity index (χ3n) is 6.19. The second kappa shape index (κ2) is 10.8. The molecule has 2 N–H and O–H groups in total. The third kappa shape index (κ3) is 5.52. The standard InChI is InChI=1S/C29H27N5O3S/c1-22-10-8-9-15-27(22)38(36,37)32-29(35)31-26(20-23-11-4-2-5-12-23)28-30-17-19-34(28)25-16-18-33(21-25)24-13-6-3-7-14-24/h2-19,21,26H,20H2,1H3,(H2,31,32,35)/t26-/m0/s1. The van der Waals surface area contributed by atoms with Crippen LogP contribution in [0.25, 0.3) is 11.4 Å². The molecule has 9 heteroatoms. The summed E-state index contributed by atoms with van der Waals surface area (Å²) >= 11 is 0. The summed E-state index contributed by atoms with van der Waals surface area (Å²) in [6.45, 7) is 1.68. The van der Waals surface area contributed by atoms with Crippen molar-refractivity contribution < 1.29 is 13.2 Å². The Bertz CT molecular complexity index is 1640. The Morgan fingerprint density at radius 1 is 0.868 bits per heavy atom. The van der Waals surface area contributed by atoms with E-state index < -0.39 is 22.1 Å². The lowest BCUT2D eigenvalue weighted by Crippen LogP contribution is -2.42. The fourth-order valence-corrected chi connectivity index (χ4v) is 5.52. The van der Waals surface area contributed by atoms with Crippen molar-refractivity contribution in [3.8, 4) is 11.4 Å². The number of nitrogens with one attached hydrogen (secondary N) is 2. The van der Waals surface area contributed by atoms with E-state index in [4.69, 9.17) is 0 Å². The molecule has 2 amide bonds. The number of imidazole rings is 1. The summed E-state index contributed by atoms with van der Waals surface area (Å²) < 4.78 is 31.9. The van der Waals surface area contributed by atoms with Crippen LogP contribution in [0.3, 0.4) is 0 Å². The number of aromatic nitrogens is 3. The van der Waals surface area contributed by atoms with Gasteiger partial charge in [0.25, 0.3) is 10.0 Å². The van der Waals surface area contributed by atoms with E-state index in [-0.39, 0.29) is 4.90 Å². The summed E-state index contributed by atoms with van der Waals surface area (Å²) in [7, 11) is -4.06. The molecular formula is C29H27N5O3S. The molecule has 0 aliphatic heterocycles. The number of carbonyl (C=O) groups is 1. The molecule has 0 radical (unpaired) electrons. The Hall–Kier alpha value is -4.63. The number of nitrogens with zero attached hydrogens (tertiary/aromatic N) is 3. The van der Waals surface area contributed by atoms with Gasteiger partial charge in [0.15, 0.2) is 0 Å². The number of urea groups is 1. The van der Waals surface area contributed by atoms with E-state index in [9.17, 15) is 13.2 Å². The summed E-state index contributed by atoms with van der Waals surface area (Å²) in [5.74, 6) is 0.572. The molecule has 1 atom stereocenters. The maximum Gasteiger partial charge on any atom is 0.329 e. The van der Waals surface area contributed by atoms with E-state index in [0.29, 0.717) is 17.8 Å². The lowest BCUT2D eigenvalue weighted by atomic mass is 10.1. The van der Waals surface area contributed by atoms with Crippen molar-refractivity contribution in [2.45, 2.75) is 24.3 Å². The molecule has 8 nitrogen and oxygen atoms in total. The minimum Gasteiger partial charge on any atom is -0.327 e. The number of benzene rings is 3. The smallest absolute Gasteiger partial charge is 0.327 e. The van der Waals surface area contributed by atoms with Crippen molar-refractivity contribution in [2.75, 3.05) is 0 Å². The number of sulfonamides is 1. The zero-order valence-corrected chi connectivity index (χ0v) is 21.5. The zero-order valence-electron chi connectivity index (χ0n) is 20.7. The van der Waals surface area contributed by atoms with Gasteiger partial charge in [0.1, 0.15) is 5.82 Å². The second-order valence-electron chi connectivity index (χ2n) is 8.85. The van der Waals surface area contributed by atoms with Gasteiger partial charge in [-0.3, -0.25) is 0 Å². The van der Waals surface area contributed by atoms with Crippen LogP contribution in [0, 0.1) is 6.92 Å². The van der Waals surface area contributed by atoms with Crippen LogP contribution in [-0.2, 0) is 16.4 Å². The number of para-hydroxylation sites is 1. The van der Waals surface area contributed by atoms with Gasteiger partial charge in [-0.05, 0) is 48.7 Å². The average Bonchev–Trinajstić information content (AvgIpc) is 3.59. The minimum absolute atomic E-state index is 0.0542. The van der Waals surface area contributed by atoms with Gasteiger partial charge in [-0.25, -0.2) is 22.9 Å². The molecule has 2 aromatic heterocycles. The first-order chi connectivity index (χ1) is 18.4. The average molecular weight is 526 g/mol. The zero-order chi connectivity index (χ0) is 26.5. The second-order valence-corrected chi connectivity index (χ2v) is 10.5. The van der Waals surface area contributed by atoms with Gasteiger partial charge in [-0.15, -0.1) is 0 Å². The highest BCUT2D eigenvalue weighted by Gasteiger charge is 2.25. The molecule has 0 fully saturated rings. The number of rotatable bonds is 8. The first-order valence-electron chi connectivity index (χ1n) is 12.1. The van der Waals surface area contributed by atoms with Gasteiger partial charge >= 0.3 is 6.03 Å². The fourth-order valence-electron chi connectivity index (χ4n) is 4.36. The first kappa shape index (κ1) is 25.0. The van der Waals surface area contributed by atoms with Gasteiger partial charge in [0.05, 0.1) is 16.6 Å². The van der Waals surface area contributed by atoms with Crippen LogP contribution in [0.2, 0.25) is 0 Å². The van der Waals surface area contributed by atoms with Gasteiger partial charge in [0.2, 0.25) is 0 Å². The highest BCUT2D eigenvalue weighted by molar-refractivity contribution is 7.90.